The summed E-state index contributed by atoms with van der Waals surface area (Å²) in [5.41, 5.74) is 6.88. The Morgan fingerprint density at radius 1 is 1.11 bits per heavy atom. The molecule has 0 aliphatic heterocycles. The van der Waals surface area contributed by atoms with Crippen LogP contribution in [0.1, 0.15) is 40.1 Å². The molecule has 2 aromatic rings. The van der Waals surface area contributed by atoms with Gasteiger partial charge in [0.1, 0.15) is 5.00 Å². The number of nitrogens with one attached hydrogen (secondary N) is 1. The lowest BCUT2D eigenvalue weighted by atomic mass is 9.79. The molecule has 1 aromatic heterocycles. The Hall–Kier alpha value is -2.67. The number of carboxylic acids is 1. The molecule has 4 rings (SSSR count). The number of hydrogen-bond acceptors (Lipinski definition) is 4. The Labute approximate surface area is 166 Å². The first-order valence-electron chi connectivity index (χ1n) is 9.44. The number of carbonyl (C=O) groups is 3. The molecule has 146 valence electrons. The highest BCUT2D eigenvalue weighted by Crippen LogP contribution is 2.52. The molecule has 2 bridgehead atoms. The van der Waals surface area contributed by atoms with E-state index in [4.69, 9.17) is 5.73 Å². The van der Waals surface area contributed by atoms with Crippen molar-refractivity contribution in [3.05, 3.63) is 52.4 Å². The Bertz CT molecular complexity index is 924. The van der Waals surface area contributed by atoms with Crippen LogP contribution in [0.25, 0.3) is 0 Å². The number of aliphatic carboxylic acids is 1. The van der Waals surface area contributed by atoms with Crippen LogP contribution in [0.5, 0.6) is 0 Å². The predicted molar refractivity (Wildman–Crippen MR) is 106 cm³/mol. The SMILES string of the molecule is NC(=O)c1cc(Cc2ccccc2)sc1NC(=O)[C@H]1[C@@H]2CC[C@@H](C2)[C@@H]1C(=O)O. The van der Waals surface area contributed by atoms with Crippen molar-refractivity contribution in [2.45, 2.75) is 25.7 Å². The van der Waals surface area contributed by atoms with E-state index in [1.165, 1.54) is 11.3 Å². The van der Waals surface area contributed by atoms with Gasteiger partial charge in [-0.2, -0.15) is 0 Å². The van der Waals surface area contributed by atoms with Gasteiger partial charge in [-0.3, -0.25) is 14.4 Å². The van der Waals surface area contributed by atoms with E-state index in [-0.39, 0.29) is 23.3 Å². The van der Waals surface area contributed by atoms with Crippen molar-refractivity contribution in [1.82, 2.24) is 0 Å². The number of nitrogens with two attached hydrogens (primary N) is 1. The lowest BCUT2D eigenvalue weighted by Gasteiger charge is -2.26. The van der Waals surface area contributed by atoms with Gasteiger partial charge in [-0.1, -0.05) is 30.3 Å². The van der Waals surface area contributed by atoms with Crippen LogP contribution in [0.3, 0.4) is 0 Å². The van der Waals surface area contributed by atoms with Gasteiger partial charge in [-0.05, 0) is 42.7 Å². The quantitative estimate of drug-likeness (QED) is 0.694. The monoisotopic (exact) mass is 398 g/mol. The maximum atomic E-state index is 12.9. The lowest BCUT2D eigenvalue weighted by molar-refractivity contribution is -0.148. The normalized spacial score (nSPS) is 25.6. The second-order valence-electron chi connectivity index (χ2n) is 7.69. The van der Waals surface area contributed by atoms with Crippen molar-refractivity contribution < 1.29 is 19.5 Å². The number of rotatable bonds is 6. The zero-order chi connectivity index (χ0) is 19.8. The predicted octanol–water partition coefficient (Wildman–Crippen LogP) is 3.12. The van der Waals surface area contributed by atoms with Crippen molar-refractivity contribution >= 4 is 34.1 Å². The summed E-state index contributed by atoms with van der Waals surface area (Å²) < 4.78 is 0. The Balaban J connectivity index is 1.56. The minimum absolute atomic E-state index is 0.0749. The summed E-state index contributed by atoms with van der Waals surface area (Å²) in [6.45, 7) is 0. The van der Waals surface area contributed by atoms with Gasteiger partial charge >= 0.3 is 5.97 Å². The number of thiophene rings is 1. The summed E-state index contributed by atoms with van der Waals surface area (Å²) in [6, 6.07) is 11.5. The van der Waals surface area contributed by atoms with Gasteiger partial charge in [0.25, 0.3) is 5.91 Å². The zero-order valence-electron chi connectivity index (χ0n) is 15.3. The van der Waals surface area contributed by atoms with E-state index in [1.807, 2.05) is 30.3 Å². The fraction of sp³-hybridized carbons (Fsp3) is 0.381. The zero-order valence-corrected chi connectivity index (χ0v) is 16.1. The fourth-order valence-electron chi connectivity index (χ4n) is 4.82. The van der Waals surface area contributed by atoms with Crippen LogP contribution in [0.15, 0.2) is 36.4 Å². The average molecular weight is 398 g/mol. The van der Waals surface area contributed by atoms with Crippen molar-refractivity contribution in [2.75, 3.05) is 5.32 Å². The van der Waals surface area contributed by atoms with Gasteiger partial charge in [0.15, 0.2) is 0 Å². The van der Waals surface area contributed by atoms with E-state index in [9.17, 15) is 19.5 Å². The number of fused-ring (bicyclic) bond motifs is 2. The lowest BCUT2D eigenvalue weighted by Crippen LogP contribution is -2.38. The molecule has 0 spiro atoms. The molecule has 2 aliphatic carbocycles. The number of primary amides is 1. The van der Waals surface area contributed by atoms with Crippen molar-refractivity contribution in [3.63, 3.8) is 0 Å². The smallest absolute Gasteiger partial charge is 0.307 e. The second-order valence-corrected chi connectivity index (χ2v) is 8.83. The number of carbonyl (C=O) groups excluding carboxylic acids is 2. The molecule has 28 heavy (non-hydrogen) atoms. The van der Waals surface area contributed by atoms with Crippen molar-refractivity contribution in [1.29, 1.82) is 0 Å². The molecule has 2 fully saturated rings. The van der Waals surface area contributed by atoms with Crippen LogP contribution >= 0.6 is 11.3 Å². The molecule has 0 unspecified atom stereocenters. The molecule has 0 saturated heterocycles. The summed E-state index contributed by atoms with van der Waals surface area (Å²) in [7, 11) is 0. The summed E-state index contributed by atoms with van der Waals surface area (Å²) in [6.07, 6.45) is 3.19. The van der Waals surface area contributed by atoms with E-state index in [1.54, 1.807) is 6.07 Å². The van der Waals surface area contributed by atoms with Crippen molar-refractivity contribution in [2.24, 2.45) is 29.4 Å². The number of carboxylic acid groups (broad SMARTS) is 1. The third-order valence-corrected chi connectivity index (χ3v) is 7.06. The maximum absolute atomic E-state index is 12.9. The summed E-state index contributed by atoms with van der Waals surface area (Å²) in [5.74, 6) is -2.82. The molecule has 4 N–H and O–H groups in total. The summed E-state index contributed by atoms with van der Waals surface area (Å²) in [5, 5.41) is 12.8. The molecule has 2 amide bonds. The van der Waals surface area contributed by atoms with Crippen LogP contribution in [-0.2, 0) is 16.0 Å². The topological polar surface area (TPSA) is 109 Å². The van der Waals surface area contributed by atoms with Crippen LogP contribution in [0.4, 0.5) is 5.00 Å². The minimum atomic E-state index is -0.904. The first kappa shape index (κ1) is 18.7. The van der Waals surface area contributed by atoms with Gasteiger partial charge in [0.05, 0.1) is 17.4 Å². The van der Waals surface area contributed by atoms with Gasteiger partial charge in [0, 0.05) is 11.3 Å². The Kier molecular flexibility index (Phi) is 4.93. The first-order valence-corrected chi connectivity index (χ1v) is 10.3. The highest BCUT2D eigenvalue weighted by molar-refractivity contribution is 7.16. The molecule has 4 atom stereocenters. The molecule has 1 aromatic carbocycles. The number of anilines is 1. The minimum Gasteiger partial charge on any atom is -0.481 e. The largest absolute Gasteiger partial charge is 0.481 e. The van der Waals surface area contributed by atoms with E-state index in [0.717, 1.165) is 29.7 Å². The molecular formula is C21H22N2O4S. The summed E-state index contributed by atoms with van der Waals surface area (Å²) in [4.78, 5) is 37.4. The third kappa shape index (κ3) is 3.42. The van der Waals surface area contributed by atoms with Crippen LogP contribution in [0.2, 0.25) is 0 Å². The van der Waals surface area contributed by atoms with Crippen LogP contribution in [0, 0.1) is 23.7 Å². The van der Waals surface area contributed by atoms with Gasteiger partial charge in [0.2, 0.25) is 5.91 Å². The summed E-state index contributed by atoms with van der Waals surface area (Å²) >= 11 is 1.32. The van der Waals surface area contributed by atoms with Gasteiger partial charge < -0.3 is 16.2 Å². The fourth-order valence-corrected chi connectivity index (χ4v) is 5.92. The molecule has 2 saturated carbocycles. The standard InChI is InChI=1S/C21H22N2O4S/c22-18(24)15-10-14(8-11-4-2-1-3-5-11)28-20(15)23-19(25)16-12-6-7-13(9-12)17(16)21(26)27/h1-5,10,12-13,16-17H,6-9H2,(H2,22,24)(H,23,25)(H,26,27)/t12-,13+,16+,17+/m1/s1. The van der Waals surface area contributed by atoms with E-state index in [0.29, 0.717) is 11.4 Å². The number of benzene rings is 1. The Morgan fingerprint density at radius 3 is 2.43 bits per heavy atom. The van der Waals surface area contributed by atoms with E-state index < -0.39 is 23.7 Å². The second kappa shape index (κ2) is 7.39. The molecular weight excluding hydrogens is 376 g/mol. The average Bonchev–Trinajstić information content (AvgIpc) is 3.36. The molecule has 7 heteroatoms. The number of hydrogen-bond donors (Lipinski definition) is 3. The molecule has 1 heterocycles. The van der Waals surface area contributed by atoms with Gasteiger partial charge in [-0.25, -0.2) is 0 Å². The first-order chi connectivity index (χ1) is 13.4. The van der Waals surface area contributed by atoms with E-state index >= 15 is 0 Å². The highest BCUT2D eigenvalue weighted by Gasteiger charge is 2.54. The van der Waals surface area contributed by atoms with Crippen molar-refractivity contribution in [3.8, 4) is 0 Å². The van der Waals surface area contributed by atoms with E-state index in [2.05, 4.69) is 5.32 Å². The van der Waals surface area contributed by atoms with Gasteiger partial charge in [-0.15, -0.1) is 11.3 Å². The molecule has 0 radical (unpaired) electrons. The van der Waals surface area contributed by atoms with Crippen LogP contribution < -0.4 is 11.1 Å². The highest BCUT2D eigenvalue weighted by atomic mass is 32.1. The Morgan fingerprint density at radius 2 is 1.79 bits per heavy atom. The molecule has 2 aliphatic rings. The van der Waals surface area contributed by atoms with Crippen LogP contribution in [-0.4, -0.2) is 22.9 Å². The maximum Gasteiger partial charge on any atom is 0.307 e. The third-order valence-electron chi connectivity index (χ3n) is 6.01. The molecule has 6 nitrogen and oxygen atoms in total. The number of amides is 2.